The molecule has 2 aromatic rings. The van der Waals surface area contributed by atoms with E-state index in [9.17, 15) is 17.6 Å². The summed E-state index contributed by atoms with van der Waals surface area (Å²) in [7, 11) is -3.64. The van der Waals surface area contributed by atoms with E-state index in [0.717, 1.165) is 19.3 Å². The fraction of sp³-hybridized carbons (Fsp3) is 0.409. The zero-order valence-corrected chi connectivity index (χ0v) is 18.0. The molecule has 0 aliphatic carbocycles. The Bertz CT molecular complexity index is 1050. The molecular formula is C22H26FN3O4S. The van der Waals surface area contributed by atoms with E-state index in [1.165, 1.54) is 22.5 Å². The van der Waals surface area contributed by atoms with Gasteiger partial charge < -0.3 is 15.0 Å². The molecular weight excluding hydrogens is 421 g/mol. The second-order valence-corrected chi connectivity index (χ2v) is 9.65. The maximum absolute atomic E-state index is 14.6. The summed E-state index contributed by atoms with van der Waals surface area (Å²) in [6.07, 6.45) is 2.70. The van der Waals surface area contributed by atoms with Gasteiger partial charge in [-0.1, -0.05) is 12.5 Å². The van der Waals surface area contributed by atoms with Crippen LogP contribution in [0.4, 0.5) is 15.8 Å². The van der Waals surface area contributed by atoms with Crippen molar-refractivity contribution >= 4 is 27.3 Å². The number of anilines is 2. The molecule has 0 bridgehead atoms. The summed E-state index contributed by atoms with van der Waals surface area (Å²) >= 11 is 0. The van der Waals surface area contributed by atoms with E-state index in [-0.39, 0.29) is 10.5 Å². The van der Waals surface area contributed by atoms with Crippen molar-refractivity contribution in [3.63, 3.8) is 0 Å². The Balaban J connectivity index is 1.49. The first-order valence-electron chi connectivity index (χ1n) is 10.5. The van der Waals surface area contributed by atoms with Crippen molar-refractivity contribution in [2.45, 2.75) is 24.2 Å². The molecule has 2 heterocycles. The topological polar surface area (TPSA) is 79.0 Å². The molecule has 2 saturated heterocycles. The quantitative estimate of drug-likeness (QED) is 0.762. The monoisotopic (exact) mass is 447 g/mol. The number of morpholine rings is 1. The van der Waals surface area contributed by atoms with Crippen LogP contribution in [0.3, 0.4) is 0 Å². The van der Waals surface area contributed by atoms with Gasteiger partial charge in [0.1, 0.15) is 5.82 Å². The second-order valence-electron chi connectivity index (χ2n) is 7.71. The molecule has 1 amide bonds. The second kappa shape index (κ2) is 9.33. The number of rotatable bonds is 5. The highest BCUT2D eigenvalue weighted by Crippen LogP contribution is 2.25. The molecule has 2 aliphatic heterocycles. The van der Waals surface area contributed by atoms with Crippen LogP contribution in [0.5, 0.6) is 0 Å². The maximum atomic E-state index is 14.6. The third-order valence-electron chi connectivity index (χ3n) is 5.61. The summed E-state index contributed by atoms with van der Waals surface area (Å²) in [4.78, 5) is 14.7. The summed E-state index contributed by atoms with van der Waals surface area (Å²) in [6, 6.07) is 10.5. The van der Waals surface area contributed by atoms with Gasteiger partial charge in [0.25, 0.3) is 5.91 Å². The number of benzene rings is 2. The Hall–Kier alpha value is -2.49. The molecule has 7 nitrogen and oxygen atoms in total. The third-order valence-corrected chi connectivity index (χ3v) is 7.50. The molecule has 2 aromatic carbocycles. The molecule has 166 valence electrons. The van der Waals surface area contributed by atoms with Crippen molar-refractivity contribution in [1.82, 2.24) is 4.31 Å². The molecule has 2 aliphatic rings. The van der Waals surface area contributed by atoms with Crippen LogP contribution < -0.4 is 10.2 Å². The van der Waals surface area contributed by atoms with Crippen molar-refractivity contribution in [3.8, 4) is 0 Å². The predicted octanol–water partition coefficient (Wildman–Crippen LogP) is 3.09. The largest absolute Gasteiger partial charge is 0.378 e. The van der Waals surface area contributed by atoms with Gasteiger partial charge in [0.2, 0.25) is 10.0 Å². The van der Waals surface area contributed by atoms with Gasteiger partial charge in [-0.15, -0.1) is 0 Å². The van der Waals surface area contributed by atoms with Crippen molar-refractivity contribution in [2.24, 2.45) is 0 Å². The first kappa shape index (κ1) is 21.7. The lowest BCUT2D eigenvalue weighted by Crippen LogP contribution is -2.36. The molecule has 0 radical (unpaired) electrons. The van der Waals surface area contributed by atoms with Crippen molar-refractivity contribution in [2.75, 3.05) is 49.6 Å². The fourth-order valence-electron chi connectivity index (χ4n) is 3.90. The van der Waals surface area contributed by atoms with E-state index in [1.807, 2.05) is 4.90 Å². The minimum atomic E-state index is -3.64. The summed E-state index contributed by atoms with van der Waals surface area (Å²) in [6.45, 7) is 3.31. The van der Waals surface area contributed by atoms with Gasteiger partial charge in [-0.3, -0.25) is 4.79 Å². The van der Waals surface area contributed by atoms with Gasteiger partial charge >= 0.3 is 0 Å². The van der Waals surface area contributed by atoms with Crippen molar-refractivity contribution in [3.05, 3.63) is 53.8 Å². The van der Waals surface area contributed by atoms with Crippen LogP contribution in [-0.2, 0) is 14.8 Å². The first-order chi connectivity index (χ1) is 14.9. The highest BCUT2D eigenvalue weighted by molar-refractivity contribution is 7.89. The lowest BCUT2D eigenvalue weighted by Gasteiger charge is -2.29. The Morgan fingerprint density at radius 1 is 0.968 bits per heavy atom. The maximum Gasteiger partial charge on any atom is 0.255 e. The molecule has 31 heavy (non-hydrogen) atoms. The SMILES string of the molecule is O=C(Nc1ccc(N2CCOCC2)c(F)c1)c1cccc(S(=O)(=O)N2CCCCC2)c1. The molecule has 1 N–H and O–H groups in total. The van der Waals surface area contributed by atoms with Crippen LogP contribution in [-0.4, -0.2) is 58.0 Å². The molecule has 0 atom stereocenters. The van der Waals surface area contributed by atoms with Gasteiger partial charge in [0, 0.05) is 37.4 Å². The van der Waals surface area contributed by atoms with Gasteiger partial charge in [0.05, 0.1) is 23.8 Å². The number of halogens is 1. The number of ether oxygens (including phenoxy) is 1. The average Bonchev–Trinajstić information content (AvgIpc) is 2.80. The van der Waals surface area contributed by atoms with Crippen molar-refractivity contribution < 1.29 is 22.3 Å². The number of carbonyl (C=O) groups excluding carboxylic acids is 1. The first-order valence-corrected chi connectivity index (χ1v) is 11.9. The van der Waals surface area contributed by atoms with Gasteiger partial charge in [-0.05, 0) is 49.2 Å². The van der Waals surface area contributed by atoms with E-state index < -0.39 is 21.7 Å². The van der Waals surface area contributed by atoms with E-state index in [2.05, 4.69) is 5.32 Å². The number of carbonyl (C=O) groups is 1. The Labute approximate surface area is 181 Å². The van der Waals surface area contributed by atoms with E-state index in [0.29, 0.717) is 50.8 Å². The summed E-state index contributed by atoms with van der Waals surface area (Å²) in [5, 5.41) is 2.66. The number of nitrogens with zero attached hydrogens (tertiary/aromatic N) is 2. The number of amides is 1. The van der Waals surface area contributed by atoms with Crippen LogP contribution in [0.1, 0.15) is 29.6 Å². The summed E-state index contributed by atoms with van der Waals surface area (Å²) < 4.78 is 47.1. The Morgan fingerprint density at radius 3 is 2.42 bits per heavy atom. The van der Waals surface area contributed by atoms with Gasteiger partial charge in [0.15, 0.2) is 0 Å². The Morgan fingerprint density at radius 2 is 1.71 bits per heavy atom. The molecule has 0 saturated carbocycles. The average molecular weight is 448 g/mol. The van der Waals surface area contributed by atoms with Crippen LogP contribution in [0.25, 0.3) is 0 Å². The predicted molar refractivity (Wildman–Crippen MR) is 116 cm³/mol. The molecule has 0 unspecified atom stereocenters. The highest BCUT2D eigenvalue weighted by atomic mass is 32.2. The standard InChI is InChI=1S/C22H26FN3O4S/c23-20-16-18(7-8-21(20)25-11-13-30-14-12-25)24-22(27)17-5-4-6-19(15-17)31(28,29)26-9-2-1-3-10-26/h4-8,15-16H,1-3,9-14H2,(H,24,27). The molecule has 9 heteroatoms. The van der Waals surface area contributed by atoms with Crippen LogP contribution in [0, 0.1) is 5.82 Å². The normalized spacial score (nSPS) is 18.0. The minimum Gasteiger partial charge on any atom is -0.378 e. The minimum absolute atomic E-state index is 0.0934. The lowest BCUT2D eigenvalue weighted by molar-refractivity contribution is 0.102. The van der Waals surface area contributed by atoms with Crippen LogP contribution in [0.15, 0.2) is 47.4 Å². The summed E-state index contributed by atoms with van der Waals surface area (Å²) in [5.41, 5.74) is 0.982. The smallest absolute Gasteiger partial charge is 0.255 e. The number of piperidine rings is 1. The van der Waals surface area contributed by atoms with E-state index in [4.69, 9.17) is 4.74 Å². The number of hydrogen-bond donors (Lipinski definition) is 1. The Kier molecular flexibility index (Phi) is 6.54. The molecule has 4 rings (SSSR count). The lowest BCUT2D eigenvalue weighted by atomic mass is 10.2. The van der Waals surface area contributed by atoms with Crippen LogP contribution in [0.2, 0.25) is 0 Å². The number of hydrogen-bond acceptors (Lipinski definition) is 5. The molecule has 2 fully saturated rings. The molecule has 0 aromatic heterocycles. The zero-order valence-electron chi connectivity index (χ0n) is 17.2. The van der Waals surface area contributed by atoms with Crippen LogP contribution >= 0.6 is 0 Å². The summed E-state index contributed by atoms with van der Waals surface area (Å²) in [5.74, 6) is -0.921. The highest BCUT2D eigenvalue weighted by Gasteiger charge is 2.26. The van der Waals surface area contributed by atoms with Gasteiger partial charge in [-0.25, -0.2) is 12.8 Å². The van der Waals surface area contributed by atoms with Gasteiger partial charge in [-0.2, -0.15) is 4.31 Å². The van der Waals surface area contributed by atoms with E-state index >= 15 is 0 Å². The number of sulfonamides is 1. The third kappa shape index (κ3) is 4.89. The van der Waals surface area contributed by atoms with Crippen molar-refractivity contribution in [1.29, 1.82) is 0 Å². The zero-order chi connectivity index (χ0) is 21.8. The number of nitrogens with one attached hydrogen (secondary N) is 1. The molecule has 0 spiro atoms. The van der Waals surface area contributed by atoms with E-state index in [1.54, 1.807) is 24.3 Å². The fourth-order valence-corrected chi connectivity index (χ4v) is 5.46.